The van der Waals surface area contributed by atoms with E-state index in [-0.39, 0.29) is 0 Å². The van der Waals surface area contributed by atoms with Gasteiger partial charge in [-0.3, -0.25) is 0 Å². The number of nitrogens with zero attached hydrogens (tertiary/aromatic N) is 2. The Kier molecular flexibility index (Phi) is 11.1. The minimum Gasteiger partial charge on any atom is -0.309 e. The maximum absolute atomic E-state index is 2.51. The van der Waals surface area contributed by atoms with E-state index < -0.39 is 5.41 Å². The summed E-state index contributed by atoms with van der Waals surface area (Å²) in [5.74, 6) is 0. The molecule has 0 unspecified atom stereocenters. The maximum atomic E-state index is 2.51. The zero-order chi connectivity index (χ0) is 52.3. The van der Waals surface area contributed by atoms with Crippen LogP contribution in [0.4, 0.5) is 17.1 Å². The highest BCUT2D eigenvalue weighted by Gasteiger charge is 2.47. The van der Waals surface area contributed by atoms with E-state index in [9.17, 15) is 0 Å². The molecule has 0 aliphatic heterocycles. The average Bonchev–Trinajstić information content (AvgIpc) is 3.82. The van der Waals surface area contributed by atoms with E-state index in [0.717, 1.165) is 39.4 Å². The highest BCUT2D eigenvalue weighted by Crippen LogP contribution is 2.59. The number of fused-ring (bicyclic) bond motifs is 7. The summed E-state index contributed by atoms with van der Waals surface area (Å²) >= 11 is 0. The highest BCUT2D eigenvalue weighted by atomic mass is 15.1. The fourth-order valence-corrected chi connectivity index (χ4v) is 13.2. The molecule has 14 aromatic rings. The van der Waals surface area contributed by atoms with Gasteiger partial charge in [-0.05, 0) is 132 Å². The van der Waals surface area contributed by atoms with Crippen LogP contribution in [-0.2, 0) is 5.41 Å². The molecule has 0 spiro atoms. The van der Waals surface area contributed by atoms with Gasteiger partial charge in [0.15, 0.2) is 0 Å². The molecule has 1 aromatic heterocycles. The number of anilines is 3. The van der Waals surface area contributed by atoms with Crippen molar-refractivity contribution in [2.45, 2.75) is 5.41 Å². The van der Waals surface area contributed by atoms with Crippen molar-refractivity contribution in [3.8, 4) is 61.3 Å². The van der Waals surface area contributed by atoms with Crippen LogP contribution in [0.1, 0.15) is 22.3 Å². The molecule has 1 heterocycles. The zero-order valence-corrected chi connectivity index (χ0v) is 43.4. The van der Waals surface area contributed by atoms with Gasteiger partial charge >= 0.3 is 0 Å². The summed E-state index contributed by atoms with van der Waals surface area (Å²) in [5, 5.41) is 4.90. The standard InChI is InChI=1S/C77H52N2/c1-5-24-54(25-6-1)61-38-21-26-55-27-22-39-65(75(55)61)62-34-14-18-43-71(62)79(60-49-46-53(47-50-60)56-48-51-74-68(52-56)64-36-16-20-45-73(64)78(74)59-32-11-4-12-33-59)72-44-19-15-35-63(72)66-40-23-42-70-76(66)67-37-13-17-41-69(67)77(70,57-28-7-2-8-29-57)58-30-9-3-10-31-58/h1-52H. The minimum absolute atomic E-state index is 0.536. The third-order valence-corrected chi connectivity index (χ3v) is 16.5. The molecule has 0 atom stereocenters. The van der Waals surface area contributed by atoms with Crippen molar-refractivity contribution in [3.05, 3.63) is 338 Å². The summed E-state index contributed by atoms with van der Waals surface area (Å²) in [5.41, 5.74) is 23.2. The number of rotatable bonds is 10. The first-order valence-electron chi connectivity index (χ1n) is 27.3. The van der Waals surface area contributed by atoms with Crippen LogP contribution in [0, 0.1) is 0 Å². The molecule has 0 N–H and O–H groups in total. The highest BCUT2D eigenvalue weighted by molar-refractivity contribution is 6.12. The normalized spacial score (nSPS) is 12.4. The minimum atomic E-state index is -0.536. The SMILES string of the molecule is c1ccc(-c2cccc3cccc(-c4ccccc4N(c4ccc(-c5ccc6c(c5)c5ccccc5n6-c5ccccc5)cc4)c4ccccc4-c4cccc5c4-c4ccccc4C5(c4ccccc4)c4ccccc4)c23)cc1. The molecule has 79 heavy (non-hydrogen) atoms. The van der Waals surface area contributed by atoms with Gasteiger partial charge in [0.2, 0.25) is 0 Å². The van der Waals surface area contributed by atoms with Crippen LogP contribution < -0.4 is 4.90 Å². The second-order valence-electron chi connectivity index (χ2n) is 20.7. The van der Waals surface area contributed by atoms with Crippen molar-refractivity contribution in [2.24, 2.45) is 0 Å². The molecule has 370 valence electrons. The Morgan fingerprint density at radius 2 is 0.785 bits per heavy atom. The van der Waals surface area contributed by atoms with Crippen LogP contribution in [0.15, 0.2) is 315 Å². The zero-order valence-electron chi connectivity index (χ0n) is 43.4. The predicted molar refractivity (Wildman–Crippen MR) is 332 cm³/mol. The van der Waals surface area contributed by atoms with Crippen LogP contribution in [-0.4, -0.2) is 4.57 Å². The van der Waals surface area contributed by atoms with E-state index in [1.807, 2.05) is 0 Å². The Bertz CT molecular complexity index is 4530. The van der Waals surface area contributed by atoms with Gasteiger partial charge in [-0.25, -0.2) is 0 Å². The monoisotopic (exact) mass is 1000 g/mol. The Morgan fingerprint density at radius 1 is 0.291 bits per heavy atom. The fourth-order valence-electron chi connectivity index (χ4n) is 13.2. The van der Waals surface area contributed by atoms with Gasteiger partial charge in [-0.1, -0.05) is 261 Å². The van der Waals surface area contributed by atoms with Crippen LogP contribution in [0.3, 0.4) is 0 Å². The van der Waals surface area contributed by atoms with Crippen molar-refractivity contribution in [1.29, 1.82) is 0 Å². The molecule has 15 rings (SSSR count). The first-order valence-corrected chi connectivity index (χ1v) is 27.3. The quantitative estimate of drug-likeness (QED) is 0.133. The summed E-state index contributed by atoms with van der Waals surface area (Å²) in [6.45, 7) is 0. The Hall–Kier alpha value is -10.3. The van der Waals surface area contributed by atoms with Crippen LogP contribution in [0.2, 0.25) is 0 Å². The smallest absolute Gasteiger partial charge is 0.0713 e. The fraction of sp³-hybridized carbons (Fsp3) is 0.0130. The first-order chi connectivity index (χ1) is 39.2. The van der Waals surface area contributed by atoms with E-state index >= 15 is 0 Å². The second kappa shape index (κ2) is 19.1. The molecule has 0 amide bonds. The van der Waals surface area contributed by atoms with E-state index in [2.05, 4.69) is 325 Å². The van der Waals surface area contributed by atoms with Crippen molar-refractivity contribution in [1.82, 2.24) is 4.57 Å². The Labute approximate surface area is 461 Å². The molecule has 0 saturated carbocycles. The largest absolute Gasteiger partial charge is 0.309 e. The number of hydrogen-bond acceptors (Lipinski definition) is 1. The number of benzene rings is 13. The third kappa shape index (κ3) is 7.41. The first kappa shape index (κ1) is 46.1. The van der Waals surface area contributed by atoms with Gasteiger partial charge in [-0.2, -0.15) is 0 Å². The topological polar surface area (TPSA) is 8.17 Å². The molecule has 2 heteroatoms. The van der Waals surface area contributed by atoms with E-state index in [0.29, 0.717) is 0 Å². The number of para-hydroxylation sites is 4. The number of aromatic nitrogens is 1. The molecule has 0 saturated heterocycles. The summed E-state index contributed by atoms with van der Waals surface area (Å²) in [7, 11) is 0. The maximum Gasteiger partial charge on any atom is 0.0713 e. The van der Waals surface area contributed by atoms with Gasteiger partial charge in [0.05, 0.1) is 27.8 Å². The Balaban J connectivity index is 0.952. The molecule has 1 aliphatic rings. The van der Waals surface area contributed by atoms with Crippen molar-refractivity contribution in [2.75, 3.05) is 4.90 Å². The van der Waals surface area contributed by atoms with Gasteiger partial charge in [0.1, 0.15) is 0 Å². The lowest BCUT2D eigenvalue weighted by atomic mass is 9.67. The molecular formula is C77H52N2. The average molecular weight is 1010 g/mol. The summed E-state index contributed by atoms with van der Waals surface area (Å²) in [6.07, 6.45) is 0. The molecule has 2 nitrogen and oxygen atoms in total. The lowest BCUT2D eigenvalue weighted by molar-refractivity contribution is 0.768. The summed E-state index contributed by atoms with van der Waals surface area (Å²) in [6, 6.07) is 116. The molecule has 0 radical (unpaired) electrons. The van der Waals surface area contributed by atoms with Crippen molar-refractivity contribution >= 4 is 49.6 Å². The number of hydrogen-bond donors (Lipinski definition) is 0. The van der Waals surface area contributed by atoms with Gasteiger partial charge in [-0.15, -0.1) is 0 Å². The summed E-state index contributed by atoms with van der Waals surface area (Å²) < 4.78 is 2.38. The van der Waals surface area contributed by atoms with E-state index in [4.69, 9.17) is 0 Å². The predicted octanol–water partition coefficient (Wildman–Crippen LogP) is 20.4. The lowest BCUT2D eigenvalue weighted by Gasteiger charge is -2.34. The van der Waals surface area contributed by atoms with Crippen LogP contribution in [0.5, 0.6) is 0 Å². The summed E-state index contributed by atoms with van der Waals surface area (Å²) in [4.78, 5) is 2.51. The van der Waals surface area contributed by atoms with Crippen LogP contribution >= 0.6 is 0 Å². The van der Waals surface area contributed by atoms with E-state index in [1.165, 1.54) is 93.8 Å². The molecule has 0 bridgehead atoms. The van der Waals surface area contributed by atoms with Crippen molar-refractivity contribution in [3.63, 3.8) is 0 Å². The van der Waals surface area contributed by atoms with Gasteiger partial charge in [0.25, 0.3) is 0 Å². The molecule has 1 aliphatic carbocycles. The second-order valence-corrected chi connectivity index (χ2v) is 20.7. The molecular weight excluding hydrogens is 953 g/mol. The van der Waals surface area contributed by atoms with Crippen molar-refractivity contribution < 1.29 is 0 Å². The lowest BCUT2D eigenvalue weighted by Crippen LogP contribution is -2.28. The molecule has 0 fully saturated rings. The molecule has 13 aromatic carbocycles. The van der Waals surface area contributed by atoms with Crippen LogP contribution in [0.25, 0.3) is 93.9 Å². The Morgan fingerprint density at radius 3 is 1.48 bits per heavy atom. The van der Waals surface area contributed by atoms with Gasteiger partial charge in [0, 0.05) is 33.3 Å². The third-order valence-electron chi connectivity index (χ3n) is 16.5. The van der Waals surface area contributed by atoms with E-state index in [1.54, 1.807) is 0 Å². The van der Waals surface area contributed by atoms with Gasteiger partial charge < -0.3 is 9.47 Å².